The summed E-state index contributed by atoms with van der Waals surface area (Å²) in [6, 6.07) is 9.34. The highest BCUT2D eigenvalue weighted by Crippen LogP contribution is 2.47. The van der Waals surface area contributed by atoms with Crippen molar-refractivity contribution in [1.29, 1.82) is 0 Å². The van der Waals surface area contributed by atoms with Gasteiger partial charge in [-0.15, -0.1) is 0 Å². The first kappa shape index (κ1) is 12.6. The summed E-state index contributed by atoms with van der Waals surface area (Å²) < 4.78 is 26.9. The fourth-order valence-corrected chi connectivity index (χ4v) is 3.17. The Balaban J connectivity index is 1.63. The average molecular weight is 312 g/mol. The standard InChI is InChI=1S/C17H12O6/c18-17-5-10(9-1-2-12-14(3-9)20-7-19-12)11-4-15-16(22-8-21-15)6-13(11)23-17/h1-4,6,10H,5,7-8H2. The van der Waals surface area contributed by atoms with E-state index in [9.17, 15) is 4.79 Å². The number of carbonyl (C=O) groups is 1. The fraction of sp³-hybridized carbons (Fsp3) is 0.235. The first-order chi connectivity index (χ1) is 11.3. The van der Waals surface area contributed by atoms with Gasteiger partial charge in [-0.1, -0.05) is 6.07 Å². The minimum absolute atomic E-state index is 0.116. The number of hydrogen-bond donors (Lipinski definition) is 0. The van der Waals surface area contributed by atoms with Gasteiger partial charge in [-0.3, -0.25) is 4.79 Å². The summed E-state index contributed by atoms with van der Waals surface area (Å²) in [5, 5.41) is 0. The predicted octanol–water partition coefficient (Wildman–Crippen LogP) is 2.58. The van der Waals surface area contributed by atoms with Crippen LogP contribution >= 0.6 is 0 Å². The monoisotopic (exact) mass is 312 g/mol. The van der Waals surface area contributed by atoms with Gasteiger partial charge in [0.25, 0.3) is 0 Å². The lowest BCUT2D eigenvalue weighted by Crippen LogP contribution is -2.20. The zero-order chi connectivity index (χ0) is 15.4. The molecule has 0 fully saturated rings. The number of benzene rings is 2. The second-order valence-corrected chi connectivity index (χ2v) is 5.59. The third-order valence-corrected chi connectivity index (χ3v) is 4.27. The molecule has 2 aromatic carbocycles. The maximum atomic E-state index is 12.0. The molecule has 116 valence electrons. The second-order valence-electron chi connectivity index (χ2n) is 5.59. The van der Waals surface area contributed by atoms with E-state index in [1.807, 2.05) is 24.3 Å². The Kier molecular flexibility index (Phi) is 2.50. The Morgan fingerprint density at radius 3 is 2.30 bits per heavy atom. The molecule has 2 aromatic rings. The molecular formula is C17H12O6. The van der Waals surface area contributed by atoms with Crippen molar-refractivity contribution < 1.29 is 28.5 Å². The Bertz CT molecular complexity index is 828. The maximum Gasteiger partial charge on any atom is 0.312 e. The molecule has 0 amide bonds. The summed E-state index contributed by atoms with van der Waals surface area (Å²) >= 11 is 0. The van der Waals surface area contributed by atoms with E-state index in [0.717, 1.165) is 16.9 Å². The van der Waals surface area contributed by atoms with Crippen LogP contribution in [0.15, 0.2) is 30.3 Å². The molecule has 1 unspecified atom stereocenters. The molecule has 0 bridgehead atoms. The van der Waals surface area contributed by atoms with Gasteiger partial charge >= 0.3 is 5.97 Å². The van der Waals surface area contributed by atoms with Crippen molar-refractivity contribution in [2.45, 2.75) is 12.3 Å². The largest absolute Gasteiger partial charge is 0.454 e. The molecule has 6 nitrogen and oxygen atoms in total. The number of esters is 1. The molecule has 23 heavy (non-hydrogen) atoms. The molecule has 0 N–H and O–H groups in total. The van der Waals surface area contributed by atoms with Crippen molar-refractivity contribution in [3.8, 4) is 28.7 Å². The minimum atomic E-state index is -0.265. The smallest absolute Gasteiger partial charge is 0.312 e. The zero-order valence-electron chi connectivity index (χ0n) is 12.0. The molecule has 5 rings (SSSR count). The number of ether oxygens (including phenoxy) is 5. The van der Waals surface area contributed by atoms with E-state index in [2.05, 4.69) is 0 Å². The van der Waals surface area contributed by atoms with Crippen molar-refractivity contribution in [1.82, 2.24) is 0 Å². The van der Waals surface area contributed by atoms with Gasteiger partial charge in [0.2, 0.25) is 13.6 Å². The second kappa shape index (κ2) is 4.55. The fourth-order valence-electron chi connectivity index (χ4n) is 3.17. The topological polar surface area (TPSA) is 63.2 Å². The van der Waals surface area contributed by atoms with Gasteiger partial charge in [0, 0.05) is 17.5 Å². The van der Waals surface area contributed by atoms with Crippen LogP contribution in [-0.2, 0) is 4.79 Å². The van der Waals surface area contributed by atoms with Gasteiger partial charge in [-0.05, 0) is 23.8 Å². The van der Waals surface area contributed by atoms with Gasteiger partial charge in [-0.25, -0.2) is 0 Å². The Morgan fingerprint density at radius 1 is 0.783 bits per heavy atom. The van der Waals surface area contributed by atoms with E-state index >= 15 is 0 Å². The van der Waals surface area contributed by atoms with E-state index in [0.29, 0.717) is 23.0 Å². The van der Waals surface area contributed by atoms with Gasteiger partial charge in [0.15, 0.2) is 23.0 Å². The van der Waals surface area contributed by atoms with Crippen molar-refractivity contribution in [3.63, 3.8) is 0 Å². The molecule has 3 aliphatic heterocycles. The van der Waals surface area contributed by atoms with Crippen molar-refractivity contribution in [2.75, 3.05) is 13.6 Å². The van der Waals surface area contributed by atoms with E-state index in [4.69, 9.17) is 23.7 Å². The molecule has 6 heteroatoms. The van der Waals surface area contributed by atoms with E-state index < -0.39 is 0 Å². The van der Waals surface area contributed by atoms with Crippen LogP contribution < -0.4 is 23.7 Å². The van der Waals surface area contributed by atoms with Crippen LogP contribution in [0.5, 0.6) is 28.7 Å². The lowest BCUT2D eigenvalue weighted by atomic mass is 9.86. The predicted molar refractivity (Wildman–Crippen MR) is 77.2 cm³/mol. The number of carbonyl (C=O) groups excluding carboxylic acids is 1. The molecule has 3 aliphatic rings. The molecular weight excluding hydrogens is 300 g/mol. The first-order valence-electron chi connectivity index (χ1n) is 7.32. The average Bonchev–Trinajstić information content (AvgIpc) is 3.19. The highest BCUT2D eigenvalue weighted by molar-refractivity contribution is 5.78. The van der Waals surface area contributed by atoms with Crippen molar-refractivity contribution in [3.05, 3.63) is 41.5 Å². The normalized spacial score (nSPS) is 20.2. The summed E-state index contributed by atoms with van der Waals surface area (Å²) in [6.45, 7) is 0.404. The molecule has 3 heterocycles. The van der Waals surface area contributed by atoms with Crippen LogP contribution in [0, 0.1) is 0 Å². The quantitative estimate of drug-likeness (QED) is 0.596. The minimum Gasteiger partial charge on any atom is -0.454 e. The molecule has 0 spiro atoms. The van der Waals surface area contributed by atoms with Crippen LogP contribution in [0.4, 0.5) is 0 Å². The number of hydrogen-bond acceptors (Lipinski definition) is 6. The van der Waals surface area contributed by atoms with Gasteiger partial charge in [-0.2, -0.15) is 0 Å². The Morgan fingerprint density at radius 2 is 1.48 bits per heavy atom. The summed E-state index contributed by atoms with van der Waals surface area (Å²) in [6.07, 6.45) is 0.270. The number of fused-ring (bicyclic) bond motifs is 3. The van der Waals surface area contributed by atoms with E-state index in [1.54, 1.807) is 6.07 Å². The van der Waals surface area contributed by atoms with E-state index in [-0.39, 0.29) is 31.9 Å². The molecule has 0 aliphatic carbocycles. The van der Waals surface area contributed by atoms with Crippen LogP contribution in [0.25, 0.3) is 0 Å². The van der Waals surface area contributed by atoms with Crippen LogP contribution in [0.2, 0.25) is 0 Å². The molecule has 0 radical (unpaired) electrons. The zero-order valence-corrected chi connectivity index (χ0v) is 12.0. The molecule has 0 saturated heterocycles. The SMILES string of the molecule is O=C1CC(c2ccc3c(c2)OCO3)c2cc3c(cc2O1)OCO3. The third-order valence-electron chi connectivity index (χ3n) is 4.27. The van der Waals surface area contributed by atoms with Gasteiger partial charge in [0.1, 0.15) is 5.75 Å². The molecule has 0 saturated carbocycles. The van der Waals surface area contributed by atoms with Crippen molar-refractivity contribution in [2.24, 2.45) is 0 Å². The summed E-state index contributed by atoms with van der Waals surface area (Å²) in [5.74, 6) is 2.83. The van der Waals surface area contributed by atoms with E-state index in [1.165, 1.54) is 0 Å². The van der Waals surface area contributed by atoms with Gasteiger partial charge in [0.05, 0.1) is 6.42 Å². The Hall–Kier alpha value is -2.89. The molecule has 0 aromatic heterocycles. The highest BCUT2D eigenvalue weighted by Gasteiger charge is 2.32. The highest BCUT2D eigenvalue weighted by atomic mass is 16.7. The number of rotatable bonds is 1. The lowest BCUT2D eigenvalue weighted by molar-refractivity contribution is -0.135. The van der Waals surface area contributed by atoms with Crippen LogP contribution in [-0.4, -0.2) is 19.6 Å². The first-order valence-corrected chi connectivity index (χ1v) is 7.32. The lowest BCUT2D eigenvalue weighted by Gasteiger charge is -2.25. The Labute approximate surface area is 131 Å². The van der Waals surface area contributed by atoms with Crippen LogP contribution in [0.3, 0.4) is 0 Å². The third kappa shape index (κ3) is 1.91. The summed E-state index contributed by atoms with van der Waals surface area (Å²) in [4.78, 5) is 12.0. The van der Waals surface area contributed by atoms with Gasteiger partial charge < -0.3 is 23.7 Å². The summed E-state index contributed by atoms with van der Waals surface area (Å²) in [5.41, 5.74) is 1.89. The maximum absolute atomic E-state index is 12.0. The van der Waals surface area contributed by atoms with Crippen molar-refractivity contribution >= 4 is 5.97 Å². The van der Waals surface area contributed by atoms with Crippen LogP contribution in [0.1, 0.15) is 23.5 Å². The summed E-state index contributed by atoms with van der Waals surface area (Å²) in [7, 11) is 0. The molecule has 1 atom stereocenters.